The summed E-state index contributed by atoms with van der Waals surface area (Å²) in [5, 5.41) is 5.00. The molecule has 0 saturated heterocycles. The molecule has 2 atom stereocenters. The van der Waals surface area contributed by atoms with Crippen molar-refractivity contribution < 1.29 is 28.6 Å². The van der Waals surface area contributed by atoms with Crippen LogP contribution in [0.15, 0.2) is 0 Å². The molecule has 0 saturated carbocycles. The molecule has 2 amide bonds. The first-order chi connectivity index (χ1) is 11.0. The summed E-state index contributed by atoms with van der Waals surface area (Å²) in [4.78, 5) is 34.5. The van der Waals surface area contributed by atoms with Gasteiger partial charge in [0, 0.05) is 14.2 Å². The van der Waals surface area contributed by atoms with Crippen LogP contribution in [0.3, 0.4) is 0 Å². The van der Waals surface area contributed by atoms with Gasteiger partial charge in [-0.15, -0.1) is 0 Å². The zero-order valence-electron chi connectivity index (χ0n) is 13.7. The minimum atomic E-state index is -0.794. The van der Waals surface area contributed by atoms with Crippen LogP contribution in [-0.4, -0.2) is 63.7 Å². The second-order valence-corrected chi connectivity index (χ2v) is 5.21. The fraction of sp³-hybridized carbons (Fsp3) is 0.786. The van der Waals surface area contributed by atoms with Gasteiger partial charge in [0.05, 0.1) is 7.11 Å². The molecule has 0 radical (unpaired) electrons. The van der Waals surface area contributed by atoms with E-state index in [9.17, 15) is 14.4 Å². The molecule has 0 heterocycles. The molecule has 0 aromatic heterocycles. The number of carbonyl (C=O) groups is 3. The van der Waals surface area contributed by atoms with Gasteiger partial charge < -0.3 is 24.8 Å². The summed E-state index contributed by atoms with van der Waals surface area (Å²) in [6.45, 7) is 0. The van der Waals surface area contributed by atoms with Gasteiger partial charge in [0.25, 0.3) is 0 Å². The van der Waals surface area contributed by atoms with Crippen molar-refractivity contribution in [2.45, 2.75) is 44.1 Å². The average Bonchev–Trinajstić information content (AvgIpc) is 2.56. The van der Waals surface area contributed by atoms with E-state index in [4.69, 9.17) is 14.2 Å². The molecule has 8 nitrogen and oxygen atoms in total. The number of amides is 2. The number of methoxy groups -OCH3 is 3. The van der Waals surface area contributed by atoms with Crippen LogP contribution in [0.1, 0.15) is 25.7 Å². The van der Waals surface area contributed by atoms with Gasteiger partial charge in [0.15, 0.2) is 6.29 Å². The van der Waals surface area contributed by atoms with Gasteiger partial charge >= 0.3 is 5.97 Å². The van der Waals surface area contributed by atoms with Crippen molar-refractivity contribution in [2.24, 2.45) is 0 Å². The third-order valence-electron chi connectivity index (χ3n) is 3.26. The molecule has 9 heteroatoms. The maximum Gasteiger partial charge on any atom is 0.328 e. The van der Waals surface area contributed by atoms with Crippen molar-refractivity contribution in [3.63, 3.8) is 0 Å². The Morgan fingerprint density at radius 1 is 1.09 bits per heavy atom. The molecule has 23 heavy (non-hydrogen) atoms. The normalized spacial score (nSPS) is 13.3. The SMILES string of the molecule is COC(=O)[C@H](CCCC(OC)OC)NC(=O)[C@H](CCS)NC=O. The van der Waals surface area contributed by atoms with Crippen LogP contribution in [0.25, 0.3) is 0 Å². The van der Waals surface area contributed by atoms with Gasteiger partial charge in [-0.05, 0) is 31.4 Å². The van der Waals surface area contributed by atoms with E-state index in [2.05, 4.69) is 23.3 Å². The highest BCUT2D eigenvalue weighted by Gasteiger charge is 2.25. The number of hydrogen-bond acceptors (Lipinski definition) is 7. The predicted octanol–water partition coefficient (Wildman–Crippen LogP) is -0.132. The fourth-order valence-electron chi connectivity index (χ4n) is 1.99. The second-order valence-electron chi connectivity index (χ2n) is 4.77. The Labute approximate surface area is 142 Å². The Bertz CT molecular complexity index is 365. The largest absolute Gasteiger partial charge is 0.467 e. The lowest BCUT2D eigenvalue weighted by molar-refractivity contribution is -0.146. The third kappa shape index (κ3) is 8.77. The Balaban J connectivity index is 4.61. The van der Waals surface area contributed by atoms with E-state index < -0.39 is 24.0 Å². The molecular formula is C14H26N2O6S. The molecule has 0 aromatic carbocycles. The van der Waals surface area contributed by atoms with E-state index in [0.717, 1.165) is 0 Å². The summed E-state index contributed by atoms with van der Waals surface area (Å²) >= 11 is 4.04. The Morgan fingerprint density at radius 3 is 2.22 bits per heavy atom. The number of nitrogens with one attached hydrogen (secondary N) is 2. The molecular weight excluding hydrogens is 324 g/mol. The lowest BCUT2D eigenvalue weighted by Gasteiger charge is -2.21. The fourth-order valence-corrected chi connectivity index (χ4v) is 2.24. The lowest BCUT2D eigenvalue weighted by atomic mass is 10.1. The lowest BCUT2D eigenvalue weighted by Crippen LogP contribution is -2.50. The molecule has 0 fully saturated rings. The van der Waals surface area contributed by atoms with Crippen molar-refractivity contribution in [2.75, 3.05) is 27.1 Å². The predicted molar refractivity (Wildman–Crippen MR) is 87.1 cm³/mol. The van der Waals surface area contributed by atoms with E-state index in [1.165, 1.54) is 21.3 Å². The Kier molecular flexibility index (Phi) is 12.4. The Hall–Kier alpha value is -1.32. The highest BCUT2D eigenvalue weighted by Crippen LogP contribution is 2.09. The van der Waals surface area contributed by atoms with Crippen LogP contribution >= 0.6 is 12.6 Å². The summed E-state index contributed by atoms with van der Waals surface area (Å²) in [5.41, 5.74) is 0. The van der Waals surface area contributed by atoms with Crippen LogP contribution in [-0.2, 0) is 28.6 Å². The zero-order valence-corrected chi connectivity index (χ0v) is 14.6. The first-order valence-electron chi connectivity index (χ1n) is 7.28. The topological polar surface area (TPSA) is 103 Å². The quantitative estimate of drug-likeness (QED) is 0.185. The molecule has 134 valence electrons. The second kappa shape index (κ2) is 13.1. The number of ether oxygens (including phenoxy) is 3. The maximum absolute atomic E-state index is 12.1. The summed E-state index contributed by atoms with van der Waals surface area (Å²) in [6.07, 6.45) is 1.97. The summed E-state index contributed by atoms with van der Waals surface area (Å²) < 4.78 is 14.8. The number of esters is 1. The first-order valence-corrected chi connectivity index (χ1v) is 7.91. The van der Waals surface area contributed by atoms with Gasteiger partial charge in [0.2, 0.25) is 12.3 Å². The monoisotopic (exact) mass is 350 g/mol. The van der Waals surface area contributed by atoms with Gasteiger partial charge in [-0.25, -0.2) is 4.79 Å². The smallest absolute Gasteiger partial charge is 0.328 e. The molecule has 0 bridgehead atoms. The van der Waals surface area contributed by atoms with Crippen molar-refractivity contribution in [1.29, 1.82) is 0 Å². The molecule has 0 aliphatic heterocycles. The molecule has 0 aliphatic rings. The maximum atomic E-state index is 12.1. The molecule has 0 aliphatic carbocycles. The molecule has 0 aromatic rings. The van der Waals surface area contributed by atoms with E-state index in [-0.39, 0.29) is 6.29 Å². The standard InChI is InChI=1S/C14H26N2O6S/c1-20-12(21-2)6-4-5-11(14(19)22-3)16-13(18)10(7-8-23)15-9-17/h9-12,23H,4-8H2,1-3H3,(H,15,17)(H,16,18)/t10-,11-/m0/s1. The van der Waals surface area contributed by atoms with Crippen molar-refractivity contribution >= 4 is 30.9 Å². The van der Waals surface area contributed by atoms with Gasteiger partial charge in [-0.1, -0.05) is 0 Å². The summed E-state index contributed by atoms with van der Waals surface area (Å²) in [7, 11) is 4.31. The van der Waals surface area contributed by atoms with Crippen LogP contribution < -0.4 is 10.6 Å². The van der Waals surface area contributed by atoms with Gasteiger partial charge in [-0.3, -0.25) is 9.59 Å². The zero-order chi connectivity index (χ0) is 17.7. The molecule has 2 N–H and O–H groups in total. The summed E-state index contributed by atoms with van der Waals surface area (Å²) in [6, 6.07) is -1.53. The van der Waals surface area contributed by atoms with Gasteiger partial charge in [-0.2, -0.15) is 12.6 Å². The average molecular weight is 350 g/mol. The molecule has 0 spiro atoms. The van der Waals surface area contributed by atoms with E-state index in [1.807, 2.05) is 0 Å². The van der Waals surface area contributed by atoms with E-state index >= 15 is 0 Å². The number of thiol groups is 1. The van der Waals surface area contributed by atoms with Crippen LogP contribution in [0.2, 0.25) is 0 Å². The third-order valence-corrected chi connectivity index (χ3v) is 3.52. The minimum absolute atomic E-state index is 0.358. The number of rotatable bonds is 13. The number of carbonyl (C=O) groups excluding carboxylic acids is 3. The van der Waals surface area contributed by atoms with E-state index in [0.29, 0.717) is 37.8 Å². The highest BCUT2D eigenvalue weighted by atomic mass is 32.1. The van der Waals surface area contributed by atoms with E-state index in [1.54, 1.807) is 0 Å². The highest BCUT2D eigenvalue weighted by molar-refractivity contribution is 7.80. The number of hydrogen-bond donors (Lipinski definition) is 3. The van der Waals surface area contributed by atoms with Crippen molar-refractivity contribution in [3.8, 4) is 0 Å². The van der Waals surface area contributed by atoms with Crippen molar-refractivity contribution in [3.05, 3.63) is 0 Å². The summed E-state index contributed by atoms with van der Waals surface area (Å²) in [5.74, 6) is -0.567. The molecule has 0 rings (SSSR count). The van der Waals surface area contributed by atoms with Crippen molar-refractivity contribution in [1.82, 2.24) is 10.6 Å². The van der Waals surface area contributed by atoms with Gasteiger partial charge in [0.1, 0.15) is 12.1 Å². The van der Waals surface area contributed by atoms with Crippen LogP contribution in [0.4, 0.5) is 0 Å². The Morgan fingerprint density at radius 2 is 1.74 bits per heavy atom. The van der Waals surface area contributed by atoms with Crippen LogP contribution in [0, 0.1) is 0 Å². The molecule has 0 unspecified atom stereocenters. The minimum Gasteiger partial charge on any atom is -0.467 e. The first kappa shape index (κ1) is 21.7. The van der Waals surface area contributed by atoms with Crippen LogP contribution in [0.5, 0.6) is 0 Å².